The van der Waals surface area contributed by atoms with Crippen molar-refractivity contribution in [1.82, 2.24) is 15.5 Å². The Kier molecular flexibility index (Phi) is 3.39. The van der Waals surface area contributed by atoms with Crippen LogP contribution >= 0.6 is 0 Å². The SMILES string of the molecule is C[C@H]1C[C@@H](c2nc(-c3cccc4ccccc34)no2)CCN1. The largest absolute Gasteiger partial charge is 0.339 e. The molecule has 2 atom stereocenters. The van der Waals surface area contributed by atoms with Crippen LogP contribution in [0.4, 0.5) is 0 Å². The molecule has 0 spiro atoms. The molecular formula is C18H19N3O. The zero-order valence-electron chi connectivity index (χ0n) is 12.6. The monoisotopic (exact) mass is 293 g/mol. The highest BCUT2D eigenvalue weighted by Gasteiger charge is 2.25. The Labute approximate surface area is 129 Å². The molecule has 1 aliphatic heterocycles. The van der Waals surface area contributed by atoms with E-state index in [1.165, 1.54) is 5.39 Å². The van der Waals surface area contributed by atoms with Gasteiger partial charge in [-0.1, -0.05) is 47.6 Å². The van der Waals surface area contributed by atoms with E-state index >= 15 is 0 Å². The second-order valence-corrected chi connectivity index (χ2v) is 6.06. The molecular weight excluding hydrogens is 274 g/mol. The molecule has 3 aromatic rings. The molecule has 1 N–H and O–H groups in total. The lowest BCUT2D eigenvalue weighted by molar-refractivity contribution is 0.295. The number of nitrogens with zero attached hydrogens (tertiary/aromatic N) is 2. The second-order valence-electron chi connectivity index (χ2n) is 6.06. The summed E-state index contributed by atoms with van der Waals surface area (Å²) in [6, 6.07) is 15.0. The third-order valence-electron chi connectivity index (χ3n) is 4.45. The zero-order valence-corrected chi connectivity index (χ0v) is 12.6. The molecule has 1 aliphatic rings. The Hall–Kier alpha value is -2.20. The molecule has 1 aromatic heterocycles. The third-order valence-corrected chi connectivity index (χ3v) is 4.45. The summed E-state index contributed by atoms with van der Waals surface area (Å²) >= 11 is 0. The first kappa shape index (κ1) is 13.5. The lowest BCUT2D eigenvalue weighted by atomic mass is 9.93. The van der Waals surface area contributed by atoms with E-state index in [4.69, 9.17) is 4.52 Å². The number of piperidine rings is 1. The van der Waals surface area contributed by atoms with Crippen LogP contribution in [0.1, 0.15) is 31.6 Å². The summed E-state index contributed by atoms with van der Waals surface area (Å²) in [5.74, 6) is 1.83. The fourth-order valence-electron chi connectivity index (χ4n) is 3.29. The molecule has 0 unspecified atom stereocenters. The van der Waals surface area contributed by atoms with Gasteiger partial charge in [-0.15, -0.1) is 0 Å². The molecule has 22 heavy (non-hydrogen) atoms. The first-order valence-electron chi connectivity index (χ1n) is 7.86. The van der Waals surface area contributed by atoms with Crippen LogP contribution in [0, 0.1) is 0 Å². The van der Waals surface area contributed by atoms with Gasteiger partial charge >= 0.3 is 0 Å². The molecule has 4 nitrogen and oxygen atoms in total. The normalized spacial score (nSPS) is 22.0. The number of aromatic nitrogens is 2. The molecule has 0 radical (unpaired) electrons. The van der Waals surface area contributed by atoms with Crippen LogP contribution in [0.15, 0.2) is 47.0 Å². The average molecular weight is 293 g/mol. The predicted molar refractivity (Wildman–Crippen MR) is 86.7 cm³/mol. The summed E-state index contributed by atoms with van der Waals surface area (Å²) in [7, 11) is 0. The summed E-state index contributed by atoms with van der Waals surface area (Å²) < 4.78 is 5.57. The van der Waals surface area contributed by atoms with Crippen molar-refractivity contribution in [3.63, 3.8) is 0 Å². The van der Waals surface area contributed by atoms with E-state index in [2.05, 4.69) is 46.6 Å². The average Bonchev–Trinajstić information content (AvgIpc) is 3.04. The summed E-state index contributed by atoms with van der Waals surface area (Å²) in [6.45, 7) is 3.21. The van der Waals surface area contributed by atoms with Gasteiger partial charge in [-0.3, -0.25) is 0 Å². The number of hydrogen-bond donors (Lipinski definition) is 1. The number of fused-ring (bicyclic) bond motifs is 1. The van der Waals surface area contributed by atoms with Gasteiger partial charge in [0.1, 0.15) is 0 Å². The minimum Gasteiger partial charge on any atom is -0.339 e. The van der Waals surface area contributed by atoms with E-state index in [-0.39, 0.29) is 0 Å². The zero-order chi connectivity index (χ0) is 14.9. The van der Waals surface area contributed by atoms with Gasteiger partial charge in [-0.25, -0.2) is 0 Å². The van der Waals surface area contributed by atoms with E-state index < -0.39 is 0 Å². The molecule has 1 saturated heterocycles. The van der Waals surface area contributed by atoms with Gasteiger partial charge in [-0.05, 0) is 37.1 Å². The number of nitrogens with one attached hydrogen (secondary N) is 1. The number of benzene rings is 2. The highest BCUT2D eigenvalue weighted by Crippen LogP contribution is 2.30. The summed E-state index contributed by atoms with van der Waals surface area (Å²) in [5, 5.41) is 10.0. The fraction of sp³-hybridized carbons (Fsp3) is 0.333. The van der Waals surface area contributed by atoms with Crippen molar-refractivity contribution in [2.45, 2.75) is 31.7 Å². The van der Waals surface area contributed by atoms with Crippen molar-refractivity contribution in [2.24, 2.45) is 0 Å². The summed E-state index contributed by atoms with van der Waals surface area (Å²) in [4.78, 5) is 4.68. The highest BCUT2D eigenvalue weighted by molar-refractivity contribution is 5.94. The van der Waals surface area contributed by atoms with Gasteiger partial charge in [0.25, 0.3) is 0 Å². The minimum atomic E-state index is 0.368. The number of hydrogen-bond acceptors (Lipinski definition) is 4. The maximum absolute atomic E-state index is 5.57. The quantitative estimate of drug-likeness (QED) is 0.782. The Bertz CT molecular complexity index is 790. The standard InChI is InChI=1S/C18H19N3O/c1-12-11-14(9-10-19-12)18-20-17(21-22-18)16-8-4-6-13-5-2-3-7-15(13)16/h2-8,12,14,19H,9-11H2,1H3/t12-,14-/m0/s1. The second kappa shape index (κ2) is 5.54. The predicted octanol–water partition coefficient (Wildman–Crippen LogP) is 3.75. The topological polar surface area (TPSA) is 51.0 Å². The molecule has 0 saturated carbocycles. The van der Waals surface area contributed by atoms with Gasteiger partial charge in [0.05, 0.1) is 0 Å². The Morgan fingerprint density at radius 3 is 2.91 bits per heavy atom. The van der Waals surface area contributed by atoms with Gasteiger partial charge in [0, 0.05) is 17.5 Å². The molecule has 0 amide bonds. The van der Waals surface area contributed by atoms with E-state index in [0.29, 0.717) is 17.8 Å². The van der Waals surface area contributed by atoms with Crippen molar-refractivity contribution in [3.8, 4) is 11.4 Å². The van der Waals surface area contributed by atoms with Crippen molar-refractivity contribution >= 4 is 10.8 Å². The number of rotatable bonds is 2. The molecule has 1 fully saturated rings. The minimum absolute atomic E-state index is 0.368. The Morgan fingerprint density at radius 1 is 1.14 bits per heavy atom. The van der Waals surface area contributed by atoms with Gasteiger partial charge in [0.2, 0.25) is 11.7 Å². The Balaban J connectivity index is 1.71. The summed E-state index contributed by atoms with van der Waals surface area (Å²) in [5.41, 5.74) is 1.04. The van der Waals surface area contributed by atoms with Crippen LogP contribution in [-0.4, -0.2) is 22.7 Å². The highest BCUT2D eigenvalue weighted by atomic mass is 16.5. The maximum Gasteiger partial charge on any atom is 0.230 e. The lowest BCUT2D eigenvalue weighted by Crippen LogP contribution is -2.34. The first-order chi connectivity index (χ1) is 10.8. The van der Waals surface area contributed by atoms with Crippen LogP contribution in [0.3, 0.4) is 0 Å². The van der Waals surface area contributed by atoms with Crippen molar-refractivity contribution in [1.29, 1.82) is 0 Å². The van der Waals surface area contributed by atoms with Crippen LogP contribution in [0.2, 0.25) is 0 Å². The molecule has 112 valence electrons. The molecule has 0 bridgehead atoms. The maximum atomic E-state index is 5.57. The lowest BCUT2D eigenvalue weighted by Gasteiger charge is -2.25. The van der Waals surface area contributed by atoms with Crippen molar-refractivity contribution in [2.75, 3.05) is 6.54 Å². The van der Waals surface area contributed by atoms with Crippen molar-refractivity contribution in [3.05, 3.63) is 48.4 Å². The third kappa shape index (κ3) is 2.40. The molecule has 2 aromatic carbocycles. The molecule has 4 heteroatoms. The van der Waals surface area contributed by atoms with Gasteiger partial charge < -0.3 is 9.84 Å². The Morgan fingerprint density at radius 2 is 2.00 bits per heavy atom. The van der Waals surface area contributed by atoms with Gasteiger partial charge in [-0.2, -0.15) is 4.98 Å². The van der Waals surface area contributed by atoms with Crippen molar-refractivity contribution < 1.29 is 4.52 Å². The molecule has 2 heterocycles. The van der Waals surface area contributed by atoms with Crippen LogP contribution in [0.25, 0.3) is 22.2 Å². The fourth-order valence-corrected chi connectivity index (χ4v) is 3.29. The van der Waals surface area contributed by atoms with Crippen LogP contribution in [-0.2, 0) is 0 Å². The van der Waals surface area contributed by atoms with Crippen LogP contribution in [0.5, 0.6) is 0 Å². The van der Waals surface area contributed by atoms with Gasteiger partial charge in [0.15, 0.2) is 0 Å². The summed E-state index contributed by atoms with van der Waals surface area (Å²) in [6.07, 6.45) is 2.11. The van der Waals surface area contributed by atoms with E-state index in [1.54, 1.807) is 0 Å². The van der Waals surface area contributed by atoms with E-state index in [1.807, 2.05) is 18.2 Å². The smallest absolute Gasteiger partial charge is 0.230 e. The molecule has 4 rings (SSSR count). The first-order valence-corrected chi connectivity index (χ1v) is 7.86. The van der Waals surface area contributed by atoms with E-state index in [9.17, 15) is 0 Å². The van der Waals surface area contributed by atoms with Crippen LogP contribution < -0.4 is 5.32 Å². The molecule has 0 aliphatic carbocycles. The van der Waals surface area contributed by atoms with E-state index in [0.717, 1.165) is 36.2 Å².